The molecule has 1 atom stereocenters. The van der Waals surface area contributed by atoms with E-state index < -0.39 is 6.10 Å². The molecule has 2 heterocycles. The maximum atomic E-state index is 13.4. The minimum absolute atomic E-state index is 0.0573. The van der Waals surface area contributed by atoms with E-state index in [0.717, 1.165) is 17.9 Å². The molecule has 1 N–H and O–H groups in total. The van der Waals surface area contributed by atoms with Gasteiger partial charge in [-0.1, -0.05) is 0 Å². The van der Waals surface area contributed by atoms with Gasteiger partial charge < -0.3 is 19.9 Å². The predicted octanol–water partition coefficient (Wildman–Crippen LogP) is 0.597. The van der Waals surface area contributed by atoms with Crippen molar-refractivity contribution in [3.63, 3.8) is 0 Å². The number of halogens is 1. The van der Waals surface area contributed by atoms with Crippen LogP contribution in [0.3, 0.4) is 0 Å². The summed E-state index contributed by atoms with van der Waals surface area (Å²) < 4.78 is 18.9. The maximum Gasteiger partial charge on any atom is 0.257 e. The van der Waals surface area contributed by atoms with E-state index in [0.29, 0.717) is 26.2 Å². The summed E-state index contributed by atoms with van der Waals surface area (Å²) in [5.74, 6) is -0.348. The Kier molecular flexibility index (Phi) is 3.58. The minimum Gasteiger partial charge on any atom is -0.371 e. The van der Waals surface area contributed by atoms with Gasteiger partial charge in [-0.2, -0.15) is 0 Å². The average molecular weight is 279 g/mol. The summed E-state index contributed by atoms with van der Waals surface area (Å²) in [7, 11) is 1.90. The molecule has 5 nitrogen and oxygen atoms in total. The lowest BCUT2D eigenvalue weighted by molar-refractivity contribution is -0.131. The van der Waals surface area contributed by atoms with E-state index in [9.17, 15) is 9.18 Å². The van der Waals surface area contributed by atoms with Crippen molar-refractivity contribution in [1.82, 2.24) is 5.32 Å². The zero-order valence-corrected chi connectivity index (χ0v) is 11.4. The van der Waals surface area contributed by atoms with Gasteiger partial charge in [0.25, 0.3) is 5.91 Å². The second-order valence-electron chi connectivity index (χ2n) is 5.11. The number of benzene rings is 1. The summed E-state index contributed by atoms with van der Waals surface area (Å²) in [5.41, 5.74) is 1.49. The van der Waals surface area contributed by atoms with Crippen molar-refractivity contribution < 1.29 is 13.9 Å². The lowest BCUT2D eigenvalue weighted by Crippen LogP contribution is -2.52. The average Bonchev–Trinajstić information content (AvgIpc) is 2.48. The molecule has 3 rings (SSSR count). The number of amides is 1. The van der Waals surface area contributed by atoms with Gasteiger partial charge in [0.2, 0.25) is 0 Å². The van der Waals surface area contributed by atoms with Gasteiger partial charge in [-0.25, -0.2) is 4.39 Å². The van der Waals surface area contributed by atoms with Crippen molar-refractivity contribution >= 4 is 17.3 Å². The summed E-state index contributed by atoms with van der Waals surface area (Å²) in [6.45, 7) is 3.12. The molecule has 1 fully saturated rings. The first-order valence-electron chi connectivity index (χ1n) is 6.81. The van der Waals surface area contributed by atoms with Crippen molar-refractivity contribution in [2.24, 2.45) is 0 Å². The molecule has 1 aromatic carbocycles. The van der Waals surface area contributed by atoms with E-state index in [1.54, 1.807) is 11.0 Å². The molecule has 2 aliphatic heterocycles. The van der Waals surface area contributed by atoms with Gasteiger partial charge >= 0.3 is 0 Å². The largest absolute Gasteiger partial charge is 0.371 e. The van der Waals surface area contributed by atoms with E-state index in [4.69, 9.17) is 4.74 Å². The van der Waals surface area contributed by atoms with Crippen molar-refractivity contribution in [2.45, 2.75) is 6.10 Å². The van der Waals surface area contributed by atoms with E-state index in [-0.39, 0.29) is 11.7 Å². The number of hydrogen-bond donors (Lipinski definition) is 1. The molecule has 0 aliphatic carbocycles. The van der Waals surface area contributed by atoms with E-state index in [1.807, 2.05) is 11.9 Å². The maximum absolute atomic E-state index is 13.4. The number of carbonyl (C=O) groups is 1. The summed E-state index contributed by atoms with van der Waals surface area (Å²) in [5, 5.41) is 3.15. The third-order valence-corrected chi connectivity index (χ3v) is 3.77. The van der Waals surface area contributed by atoms with Crippen LogP contribution in [-0.2, 0) is 9.53 Å². The SMILES string of the molecule is CN1CCN(C(=O)C2CNCCO2)c2ccc(F)cc21. The fourth-order valence-electron chi connectivity index (χ4n) is 2.65. The Morgan fingerprint density at radius 2 is 2.25 bits per heavy atom. The highest BCUT2D eigenvalue weighted by molar-refractivity contribution is 6.00. The second-order valence-corrected chi connectivity index (χ2v) is 5.11. The molecule has 20 heavy (non-hydrogen) atoms. The molecule has 1 aromatic rings. The van der Waals surface area contributed by atoms with Gasteiger partial charge in [0.05, 0.1) is 18.0 Å². The summed E-state index contributed by atoms with van der Waals surface area (Å²) in [6, 6.07) is 4.52. The van der Waals surface area contributed by atoms with Crippen LogP contribution in [0.25, 0.3) is 0 Å². The number of carbonyl (C=O) groups excluding carboxylic acids is 1. The molecule has 1 saturated heterocycles. The molecule has 108 valence electrons. The lowest BCUT2D eigenvalue weighted by Gasteiger charge is -2.37. The Hall–Kier alpha value is -1.66. The summed E-state index contributed by atoms with van der Waals surface area (Å²) >= 11 is 0. The summed E-state index contributed by atoms with van der Waals surface area (Å²) in [4.78, 5) is 16.2. The number of morpholine rings is 1. The predicted molar refractivity (Wildman–Crippen MR) is 74.6 cm³/mol. The number of ether oxygens (including phenoxy) is 1. The zero-order chi connectivity index (χ0) is 14.1. The van der Waals surface area contributed by atoms with Gasteiger partial charge in [0.1, 0.15) is 11.9 Å². The first-order valence-corrected chi connectivity index (χ1v) is 6.81. The van der Waals surface area contributed by atoms with E-state index >= 15 is 0 Å². The molecule has 1 unspecified atom stereocenters. The van der Waals surface area contributed by atoms with Crippen LogP contribution < -0.4 is 15.1 Å². The number of anilines is 2. The van der Waals surface area contributed by atoms with Crippen LogP contribution in [0.2, 0.25) is 0 Å². The minimum atomic E-state index is -0.454. The number of likely N-dealkylation sites (N-methyl/N-ethyl adjacent to an activating group) is 1. The topological polar surface area (TPSA) is 44.8 Å². The first kappa shape index (κ1) is 13.3. The third kappa shape index (κ3) is 2.36. The van der Waals surface area contributed by atoms with Gasteiger partial charge in [0.15, 0.2) is 0 Å². The molecular weight excluding hydrogens is 261 g/mol. The molecule has 0 saturated carbocycles. The van der Waals surface area contributed by atoms with Crippen LogP contribution in [0.1, 0.15) is 0 Å². The van der Waals surface area contributed by atoms with Crippen LogP contribution in [0.5, 0.6) is 0 Å². The number of nitrogens with one attached hydrogen (secondary N) is 1. The van der Waals surface area contributed by atoms with E-state index in [1.165, 1.54) is 12.1 Å². The second kappa shape index (κ2) is 5.38. The molecule has 0 aromatic heterocycles. The van der Waals surface area contributed by atoms with Crippen LogP contribution in [0.4, 0.5) is 15.8 Å². The number of fused-ring (bicyclic) bond motifs is 1. The van der Waals surface area contributed by atoms with Crippen LogP contribution in [0, 0.1) is 5.82 Å². The van der Waals surface area contributed by atoms with Crippen molar-refractivity contribution in [3.05, 3.63) is 24.0 Å². The highest BCUT2D eigenvalue weighted by Gasteiger charge is 2.31. The first-order chi connectivity index (χ1) is 9.66. The molecule has 0 bridgehead atoms. The Morgan fingerprint density at radius 3 is 3.00 bits per heavy atom. The molecule has 6 heteroatoms. The van der Waals surface area contributed by atoms with Crippen molar-refractivity contribution in [3.8, 4) is 0 Å². The van der Waals surface area contributed by atoms with Crippen LogP contribution in [0.15, 0.2) is 18.2 Å². The Morgan fingerprint density at radius 1 is 1.40 bits per heavy atom. The molecular formula is C14H18FN3O2. The van der Waals surface area contributed by atoms with Crippen molar-refractivity contribution in [2.75, 3.05) is 49.6 Å². The van der Waals surface area contributed by atoms with Gasteiger partial charge in [-0.05, 0) is 18.2 Å². The normalized spacial score (nSPS) is 22.6. The molecule has 1 amide bonds. The highest BCUT2D eigenvalue weighted by atomic mass is 19.1. The molecule has 0 radical (unpaired) electrons. The smallest absolute Gasteiger partial charge is 0.257 e. The highest BCUT2D eigenvalue weighted by Crippen LogP contribution is 2.33. The van der Waals surface area contributed by atoms with Gasteiger partial charge in [-0.3, -0.25) is 4.79 Å². The van der Waals surface area contributed by atoms with Crippen LogP contribution >= 0.6 is 0 Å². The quantitative estimate of drug-likeness (QED) is 0.817. The molecule has 2 aliphatic rings. The van der Waals surface area contributed by atoms with Crippen molar-refractivity contribution in [1.29, 1.82) is 0 Å². The zero-order valence-electron chi connectivity index (χ0n) is 11.4. The fourth-order valence-corrected chi connectivity index (χ4v) is 2.65. The Labute approximate surface area is 117 Å². The number of hydrogen-bond acceptors (Lipinski definition) is 4. The standard InChI is InChI=1S/C14H18FN3O2/c1-17-5-6-18(11-3-2-10(15)8-12(11)17)14(19)13-9-16-4-7-20-13/h2-3,8,13,16H,4-7,9H2,1H3. The number of nitrogens with zero attached hydrogens (tertiary/aromatic N) is 2. The van der Waals surface area contributed by atoms with Gasteiger partial charge in [-0.15, -0.1) is 0 Å². The van der Waals surface area contributed by atoms with Crippen LogP contribution in [-0.4, -0.2) is 51.8 Å². The Bertz CT molecular complexity index is 517. The third-order valence-electron chi connectivity index (χ3n) is 3.77. The lowest BCUT2D eigenvalue weighted by atomic mass is 10.1. The Balaban J connectivity index is 1.88. The fraction of sp³-hybridized carbons (Fsp3) is 0.500. The van der Waals surface area contributed by atoms with Gasteiger partial charge in [0, 0.05) is 33.2 Å². The number of rotatable bonds is 1. The summed E-state index contributed by atoms with van der Waals surface area (Å²) in [6.07, 6.45) is -0.454. The monoisotopic (exact) mass is 279 g/mol. The molecule has 0 spiro atoms. The van der Waals surface area contributed by atoms with E-state index in [2.05, 4.69) is 5.32 Å².